The first kappa shape index (κ1) is 12.7. The Hall–Kier alpha value is -1.36. The highest BCUT2D eigenvalue weighted by molar-refractivity contribution is 5.68. The van der Waals surface area contributed by atoms with Crippen LogP contribution in [0.25, 0.3) is 0 Å². The lowest BCUT2D eigenvalue weighted by molar-refractivity contribution is -0.137. The van der Waals surface area contributed by atoms with E-state index in [4.69, 9.17) is 5.11 Å². The van der Waals surface area contributed by atoms with Crippen molar-refractivity contribution in [2.24, 2.45) is 7.05 Å². The lowest BCUT2D eigenvalue weighted by atomic mass is 10.0. The van der Waals surface area contributed by atoms with E-state index in [0.29, 0.717) is 0 Å². The minimum atomic E-state index is -0.795. The minimum Gasteiger partial charge on any atom is -0.481 e. The van der Waals surface area contributed by atoms with Crippen molar-refractivity contribution in [1.29, 1.82) is 0 Å². The van der Waals surface area contributed by atoms with Crippen molar-refractivity contribution in [1.82, 2.24) is 15.1 Å². The first-order valence-electron chi connectivity index (χ1n) is 5.50. The van der Waals surface area contributed by atoms with Gasteiger partial charge in [0.15, 0.2) is 0 Å². The molecule has 0 aliphatic rings. The summed E-state index contributed by atoms with van der Waals surface area (Å²) in [4.78, 5) is 10.8. The molecule has 1 unspecified atom stereocenters. The molecule has 0 bridgehead atoms. The Balaban J connectivity index is 2.82. The second-order valence-corrected chi connectivity index (χ2v) is 3.95. The molecule has 0 aliphatic heterocycles. The number of carbonyl (C=O) groups is 1. The molecule has 0 saturated heterocycles. The van der Waals surface area contributed by atoms with E-state index in [9.17, 15) is 4.79 Å². The van der Waals surface area contributed by atoms with Gasteiger partial charge >= 0.3 is 5.97 Å². The topological polar surface area (TPSA) is 67.2 Å². The standard InChI is InChI=1S/C11H19N3O2/c1-4-5-12-10(6-11(15)16)9-7-14(3)13-8(9)2/h7,10,12H,4-6H2,1-3H3,(H,15,16). The van der Waals surface area contributed by atoms with Crippen LogP contribution in [-0.2, 0) is 11.8 Å². The van der Waals surface area contributed by atoms with E-state index in [2.05, 4.69) is 17.3 Å². The van der Waals surface area contributed by atoms with E-state index in [1.807, 2.05) is 20.2 Å². The number of nitrogens with one attached hydrogen (secondary N) is 1. The van der Waals surface area contributed by atoms with E-state index in [0.717, 1.165) is 24.2 Å². The fourth-order valence-corrected chi connectivity index (χ4v) is 1.75. The van der Waals surface area contributed by atoms with Crippen molar-refractivity contribution in [3.05, 3.63) is 17.5 Å². The first-order chi connectivity index (χ1) is 7.54. The third kappa shape index (κ3) is 3.34. The molecule has 1 aromatic heterocycles. The van der Waals surface area contributed by atoms with E-state index >= 15 is 0 Å². The van der Waals surface area contributed by atoms with Crippen LogP contribution in [0.3, 0.4) is 0 Å². The van der Waals surface area contributed by atoms with Crippen LogP contribution in [0.15, 0.2) is 6.20 Å². The van der Waals surface area contributed by atoms with E-state index in [1.54, 1.807) is 4.68 Å². The number of nitrogens with zero attached hydrogens (tertiary/aromatic N) is 2. The molecule has 0 fully saturated rings. The van der Waals surface area contributed by atoms with Gasteiger partial charge in [-0.1, -0.05) is 6.92 Å². The summed E-state index contributed by atoms with van der Waals surface area (Å²) in [6, 6.07) is -0.147. The van der Waals surface area contributed by atoms with Crippen LogP contribution in [0.1, 0.15) is 37.1 Å². The Morgan fingerprint density at radius 1 is 1.69 bits per heavy atom. The Morgan fingerprint density at radius 2 is 2.38 bits per heavy atom. The highest BCUT2D eigenvalue weighted by Gasteiger charge is 2.18. The van der Waals surface area contributed by atoms with Gasteiger partial charge in [-0.05, 0) is 19.9 Å². The van der Waals surface area contributed by atoms with Crippen LogP contribution >= 0.6 is 0 Å². The molecule has 0 radical (unpaired) electrons. The summed E-state index contributed by atoms with van der Waals surface area (Å²) >= 11 is 0. The number of hydrogen-bond donors (Lipinski definition) is 2. The van der Waals surface area contributed by atoms with Gasteiger partial charge in [-0.15, -0.1) is 0 Å². The maximum Gasteiger partial charge on any atom is 0.305 e. The molecule has 0 saturated carbocycles. The molecule has 0 aromatic carbocycles. The molecule has 1 atom stereocenters. The van der Waals surface area contributed by atoms with Gasteiger partial charge in [0.2, 0.25) is 0 Å². The largest absolute Gasteiger partial charge is 0.481 e. The SMILES string of the molecule is CCCNC(CC(=O)O)c1cn(C)nc1C. The molecule has 16 heavy (non-hydrogen) atoms. The fraction of sp³-hybridized carbons (Fsp3) is 0.636. The smallest absolute Gasteiger partial charge is 0.305 e. The number of aromatic nitrogens is 2. The molecule has 90 valence electrons. The summed E-state index contributed by atoms with van der Waals surface area (Å²) in [5.41, 5.74) is 1.86. The van der Waals surface area contributed by atoms with Gasteiger partial charge in [0.05, 0.1) is 12.1 Å². The summed E-state index contributed by atoms with van der Waals surface area (Å²) in [7, 11) is 1.84. The second kappa shape index (κ2) is 5.65. The molecule has 5 nitrogen and oxygen atoms in total. The van der Waals surface area contributed by atoms with Crippen LogP contribution in [-0.4, -0.2) is 27.4 Å². The van der Waals surface area contributed by atoms with Gasteiger partial charge in [0.1, 0.15) is 0 Å². The van der Waals surface area contributed by atoms with Gasteiger partial charge in [0.25, 0.3) is 0 Å². The van der Waals surface area contributed by atoms with Crippen molar-refractivity contribution < 1.29 is 9.90 Å². The average molecular weight is 225 g/mol. The number of carboxylic acid groups (broad SMARTS) is 1. The lowest BCUT2D eigenvalue weighted by Crippen LogP contribution is -2.24. The zero-order valence-corrected chi connectivity index (χ0v) is 10.0. The predicted molar refractivity (Wildman–Crippen MR) is 61.2 cm³/mol. The molecular weight excluding hydrogens is 206 g/mol. The van der Waals surface area contributed by atoms with Gasteiger partial charge < -0.3 is 10.4 Å². The second-order valence-electron chi connectivity index (χ2n) is 3.95. The summed E-state index contributed by atoms with van der Waals surface area (Å²) in [6.07, 6.45) is 2.95. The van der Waals surface area contributed by atoms with Gasteiger partial charge in [-0.2, -0.15) is 5.10 Å². The number of hydrogen-bond acceptors (Lipinski definition) is 3. The maximum absolute atomic E-state index is 10.8. The van der Waals surface area contributed by atoms with Crippen LogP contribution < -0.4 is 5.32 Å². The molecule has 0 spiro atoms. The van der Waals surface area contributed by atoms with Crippen molar-refractivity contribution >= 4 is 5.97 Å². The number of aliphatic carboxylic acids is 1. The average Bonchev–Trinajstić information content (AvgIpc) is 2.52. The summed E-state index contributed by atoms with van der Waals surface area (Å²) < 4.78 is 1.72. The Bertz CT molecular complexity index is 360. The molecular formula is C11H19N3O2. The Morgan fingerprint density at radius 3 is 2.81 bits per heavy atom. The van der Waals surface area contributed by atoms with E-state index < -0.39 is 5.97 Å². The van der Waals surface area contributed by atoms with Crippen LogP contribution in [0.2, 0.25) is 0 Å². The van der Waals surface area contributed by atoms with Crippen LogP contribution in [0.4, 0.5) is 0 Å². The van der Waals surface area contributed by atoms with Crippen molar-refractivity contribution in [3.63, 3.8) is 0 Å². The number of aryl methyl sites for hydroxylation is 2. The monoisotopic (exact) mass is 225 g/mol. The van der Waals surface area contributed by atoms with E-state index in [-0.39, 0.29) is 12.5 Å². The van der Waals surface area contributed by atoms with Crippen LogP contribution in [0.5, 0.6) is 0 Å². The van der Waals surface area contributed by atoms with Crippen LogP contribution in [0, 0.1) is 6.92 Å². The highest BCUT2D eigenvalue weighted by atomic mass is 16.4. The zero-order chi connectivity index (χ0) is 12.1. The molecule has 0 aliphatic carbocycles. The Kier molecular flexibility index (Phi) is 4.49. The van der Waals surface area contributed by atoms with Crippen molar-refractivity contribution in [2.45, 2.75) is 32.7 Å². The quantitative estimate of drug-likeness (QED) is 0.764. The fourth-order valence-electron chi connectivity index (χ4n) is 1.75. The highest BCUT2D eigenvalue weighted by Crippen LogP contribution is 2.19. The normalized spacial score (nSPS) is 12.7. The van der Waals surface area contributed by atoms with Gasteiger partial charge in [-0.3, -0.25) is 9.48 Å². The minimum absolute atomic E-state index is 0.0898. The zero-order valence-electron chi connectivity index (χ0n) is 10.0. The first-order valence-corrected chi connectivity index (χ1v) is 5.50. The molecule has 1 rings (SSSR count). The van der Waals surface area contributed by atoms with Crippen molar-refractivity contribution in [3.8, 4) is 0 Å². The molecule has 2 N–H and O–H groups in total. The third-order valence-corrected chi connectivity index (χ3v) is 2.45. The van der Waals surface area contributed by atoms with Gasteiger partial charge in [0, 0.05) is 24.8 Å². The lowest BCUT2D eigenvalue weighted by Gasteiger charge is -2.15. The molecule has 0 amide bonds. The molecule has 5 heteroatoms. The molecule has 1 heterocycles. The third-order valence-electron chi connectivity index (χ3n) is 2.45. The van der Waals surface area contributed by atoms with Crippen molar-refractivity contribution in [2.75, 3.05) is 6.54 Å². The summed E-state index contributed by atoms with van der Waals surface area (Å²) in [6.45, 7) is 4.77. The Labute approximate surface area is 95.5 Å². The summed E-state index contributed by atoms with van der Waals surface area (Å²) in [5.74, 6) is -0.795. The maximum atomic E-state index is 10.8. The summed E-state index contributed by atoms with van der Waals surface area (Å²) in [5, 5.41) is 16.3. The van der Waals surface area contributed by atoms with E-state index in [1.165, 1.54) is 0 Å². The number of rotatable bonds is 6. The van der Waals surface area contributed by atoms with Gasteiger partial charge in [-0.25, -0.2) is 0 Å². The molecule has 1 aromatic rings. The number of carboxylic acids is 1. The predicted octanol–water partition coefficient (Wildman–Crippen LogP) is 1.24.